The molecule has 28 heavy (non-hydrogen) atoms. The number of hydrogen-bond donors (Lipinski definition) is 1. The molecule has 1 amide bonds. The minimum atomic E-state index is -0.362. The molecule has 0 saturated heterocycles. The van der Waals surface area contributed by atoms with Crippen LogP contribution in [-0.2, 0) is 0 Å². The van der Waals surface area contributed by atoms with Crippen molar-refractivity contribution in [3.63, 3.8) is 0 Å². The Hall–Kier alpha value is -2.27. The lowest BCUT2D eigenvalue weighted by Gasteiger charge is -2.10. The van der Waals surface area contributed by atoms with Crippen LogP contribution < -0.4 is 5.43 Å². The Labute approximate surface area is 178 Å². The minimum absolute atomic E-state index is 0.362. The third-order valence-corrected chi connectivity index (χ3v) is 5.42. The average Bonchev–Trinajstić information content (AvgIpc) is 2.91. The van der Waals surface area contributed by atoms with E-state index < -0.39 is 0 Å². The standard InChI is InChI=1S/C21H18Cl3N3O/c1-12-4-6-17(19(23)8-12)21(28)26-25-11-15-9-13(2)27(14(15)3)16-5-7-18(22)20(24)10-16/h4-11H,1-3H3,(H,26,28)/b25-11-. The summed E-state index contributed by atoms with van der Waals surface area (Å²) in [6, 6.07) is 12.7. The Kier molecular flexibility index (Phi) is 6.14. The van der Waals surface area contributed by atoms with E-state index in [4.69, 9.17) is 34.8 Å². The lowest BCUT2D eigenvalue weighted by molar-refractivity contribution is 0.0955. The van der Waals surface area contributed by atoms with Crippen LogP contribution in [0.4, 0.5) is 0 Å². The number of benzene rings is 2. The second kappa shape index (κ2) is 8.39. The third-order valence-electron chi connectivity index (χ3n) is 4.37. The summed E-state index contributed by atoms with van der Waals surface area (Å²) in [6.45, 7) is 5.86. The van der Waals surface area contributed by atoms with Crippen molar-refractivity contribution < 1.29 is 4.79 Å². The molecule has 2 aromatic carbocycles. The highest BCUT2D eigenvalue weighted by Crippen LogP contribution is 2.27. The Bertz CT molecular complexity index is 1090. The monoisotopic (exact) mass is 433 g/mol. The van der Waals surface area contributed by atoms with Crippen LogP contribution in [0, 0.1) is 20.8 Å². The lowest BCUT2D eigenvalue weighted by atomic mass is 10.1. The van der Waals surface area contributed by atoms with Crippen molar-refractivity contribution >= 4 is 46.9 Å². The third kappa shape index (κ3) is 4.25. The molecule has 0 aliphatic carbocycles. The number of halogens is 3. The predicted molar refractivity (Wildman–Crippen MR) is 117 cm³/mol. The lowest BCUT2D eigenvalue weighted by Crippen LogP contribution is -2.18. The van der Waals surface area contributed by atoms with Crippen molar-refractivity contribution in [3.8, 4) is 5.69 Å². The highest BCUT2D eigenvalue weighted by Gasteiger charge is 2.12. The van der Waals surface area contributed by atoms with Gasteiger partial charge in [-0.15, -0.1) is 0 Å². The first-order chi connectivity index (χ1) is 13.3. The molecular weight excluding hydrogens is 417 g/mol. The number of carbonyl (C=O) groups is 1. The van der Waals surface area contributed by atoms with Gasteiger partial charge in [-0.05, 0) is 62.7 Å². The maximum Gasteiger partial charge on any atom is 0.272 e. The molecule has 4 nitrogen and oxygen atoms in total. The maximum absolute atomic E-state index is 12.3. The van der Waals surface area contributed by atoms with Gasteiger partial charge in [-0.1, -0.05) is 40.9 Å². The molecule has 1 aromatic heterocycles. The van der Waals surface area contributed by atoms with E-state index >= 15 is 0 Å². The molecular formula is C21H18Cl3N3O. The van der Waals surface area contributed by atoms with Crippen molar-refractivity contribution in [3.05, 3.63) is 85.6 Å². The normalized spacial score (nSPS) is 11.2. The Morgan fingerprint density at radius 1 is 0.964 bits per heavy atom. The first kappa shape index (κ1) is 20.5. The smallest absolute Gasteiger partial charge is 0.272 e. The van der Waals surface area contributed by atoms with Crippen LogP contribution in [0.1, 0.15) is 32.9 Å². The van der Waals surface area contributed by atoms with Gasteiger partial charge < -0.3 is 4.57 Å². The molecule has 0 fully saturated rings. The molecule has 0 aliphatic heterocycles. The summed E-state index contributed by atoms with van der Waals surface area (Å²) >= 11 is 18.3. The molecule has 0 aliphatic rings. The summed E-state index contributed by atoms with van der Waals surface area (Å²) in [4.78, 5) is 12.3. The number of rotatable bonds is 4. The fourth-order valence-corrected chi connectivity index (χ4v) is 3.58. The Balaban J connectivity index is 1.81. The van der Waals surface area contributed by atoms with E-state index in [9.17, 15) is 4.79 Å². The summed E-state index contributed by atoms with van der Waals surface area (Å²) in [5.74, 6) is -0.362. The fraction of sp³-hybridized carbons (Fsp3) is 0.143. The van der Waals surface area contributed by atoms with E-state index in [1.165, 1.54) is 0 Å². The highest BCUT2D eigenvalue weighted by atomic mass is 35.5. The molecule has 0 spiro atoms. The van der Waals surface area contributed by atoms with Crippen LogP contribution >= 0.6 is 34.8 Å². The van der Waals surface area contributed by atoms with Crippen LogP contribution in [0.25, 0.3) is 5.69 Å². The second-order valence-electron chi connectivity index (χ2n) is 6.44. The Morgan fingerprint density at radius 3 is 2.39 bits per heavy atom. The van der Waals surface area contributed by atoms with Gasteiger partial charge >= 0.3 is 0 Å². The van der Waals surface area contributed by atoms with Crippen LogP contribution in [0.2, 0.25) is 15.1 Å². The van der Waals surface area contributed by atoms with Gasteiger partial charge in [0.05, 0.1) is 26.8 Å². The van der Waals surface area contributed by atoms with Crippen molar-refractivity contribution in [2.24, 2.45) is 5.10 Å². The number of aryl methyl sites for hydroxylation is 2. The summed E-state index contributed by atoms with van der Waals surface area (Å²) in [6.07, 6.45) is 1.61. The molecule has 7 heteroatoms. The van der Waals surface area contributed by atoms with Gasteiger partial charge in [0.2, 0.25) is 0 Å². The number of nitrogens with one attached hydrogen (secondary N) is 1. The number of hydrogen-bond acceptors (Lipinski definition) is 2. The molecule has 3 rings (SSSR count). The van der Waals surface area contributed by atoms with Crippen molar-refractivity contribution in [1.29, 1.82) is 0 Å². The van der Waals surface area contributed by atoms with Crippen LogP contribution in [0.3, 0.4) is 0 Å². The number of carbonyl (C=O) groups excluding carboxylic acids is 1. The number of hydrazone groups is 1. The summed E-state index contributed by atoms with van der Waals surface area (Å²) < 4.78 is 2.04. The number of aromatic nitrogens is 1. The van der Waals surface area contributed by atoms with Gasteiger partial charge in [-0.2, -0.15) is 5.10 Å². The number of amides is 1. The fourth-order valence-electron chi connectivity index (χ4n) is 2.96. The second-order valence-corrected chi connectivity index (χ2v) is 7.66. The van der Waals surface area contributed by atoms with E-state index in [2.05, 4.69) is 10.5 Å². The number of nitrogens with zero attached hydrogens (tertiary/aromatic N) is 2. The summed E-state index contributed by atoms with van der Waals surface area (Å²) in [7, 11) is 0. The van der Waals surface area contributed by atoms with E-state index in [1.807, 2.05) is 49.6 Å². The van der Waals surface area contributed by atoms with Gasteiger partial charge in [-0.3, -0.25) is 4.79 Å². The van der Waals surface area contributed by atoms with Gasteiger partial charge in [0, 0.05) is 22.6 Å². The first-order valence-electron chi connectivity index (χ1n) is 8.52. The van der Waals surface area contributed by atoms with E-state index in [1.54, 1.807) is 24.4 Å². The zero-order chi connectivity index (χ0) is 20.4. The predicted octanol–water partition coefficient (Wildman–Crippen LogP) is 6.13. The molecule has 3 aromatic rings. The zero-order valence-electron chi connectivity index (χ0n) is 15.6. The molecule has 0 bridgehead atoms. The topological polar surface area (TPSA) is 46.4 Å². The largest absolute Gasteiger partial charge is 0.318 e. The average molecular weight is 435 g/mol. The van der Waals surface area contributed by atoms with Crippen LogP contribution in [0.15, 0.2) is 47.6 Å². The van der Waals surface area contributed by atoms with Gasteiger partial charge in [0.1, 0.15) is 0 Å². The molecule has 0 radical (unpaired) electrons. The maximum atomic E-state index is 12.3. The SMILES string of the molecule is Cc1ccc(C(=O)N/N=C\c2cc(C)n(-c3ccc(Cl)c(Cl)c3)c2C)c(Cl)c1. The minimum Gasteiger partial charge on any atom is -0.318 e. The van der Waals surface area contributed by atoms with Gasteiger partial charge in [-0.25, -0.2) is 5.43 Å². The molecule has 0 unspecified atom stereocenters. The van der Waals surface area contributed by atoms with E-state index in [0.717, 1.165) is 28.2 Å². The molecule has 1 heterocycles. The first-order valence-corrected chi connectivity index (χ1v) is 9.65. The zero-order valence-corrected chi connectivity index (χ0v) is 17.8. The van der Waals surface area contributed by atoms with Crippen molar-refractivity contribution in [1.82, 2.24) is 9.99 Å². The Morgan fingerprint density at radius 2 is 1.71 bits per heavy atom. The van der Waals surface area contributed by atoms with E-state index in [-0.39, 0.29) is 5.91 Å². The quantitative estimate of drug-likeness (QED) is 0.390. The molecule has 144 valence electrons. The summed E-state index contributed by atoms with van der Waals surface area (Å²) in [5, 5.41) is 5.47. The van der Waals surface area contributed by atoms with Crippen LogP contribution in [0.5, 0.6) is 0 Å². The van der Waals surface area contributed by atoms with Crippen molar-refractivity contribution in [2.75, 3.05) is 0 Å². The van der Waals surface area contributed by atoms with E-state index in [0.29, 0.717) is 20.6 Å². The summed E-state index contributed by atoms with van der Waals surface area (Å²) in [5.41, 5.74) is 7.63. The van der Waals surface area contributed by atoms with Gasteiger partial charge in [0.25, 0.3) is 5.91 Å². The highest BCUT2D eigenvalue weighted by molar-refractivity contribution is 6.42. The van der Waals surface area contributed by atoms with Gasteiger partial charge in [0.15, 0.2) is 0 Å². The molecule has 0 atom stereocenters. The molecule has 0 saturated carbocycles. The van der Waals surface area contributed by atoms with Crippen LogP contribution in [-0.4, -0.2) is 16.7 Å². The van der Waals surface area contributed by atoms with Crippen molar-refractivity contribution in [2.45, 2.75) is 20.8 Å². The molecule has 1 N–H and O–H groups in total.